The van der Waals surface area contributed by atoms with E-state index in [1.54, 1.807) is 0 Å². The highest BCUT2D eigenvalue weighted by molar-refractivity contribution is 5.59. The van der Waals surface area contributed by atoms with Crippen molar-refractivity contribution in [2.45, 2.75) is 25.4 Å². The van der Waals surface area contributed by atoms with Crippen LogP contribution >= 0.6 is 0 Å². The Morgan fingerprint density at radius 3 is 2.30 bits per heavy atom. The predicted molar refractivity (Wildman–Crippen MR) is 63.8 cm³/mol. The third-order valence-corrected chi connectivity index (χ3v) is 3.16. The molecule has 1 aromatic carbocycles. The molecule has 1 aliphatic rings. The molecule has 20 heavy (non-hydrogen) atoms. The molecule has 1 heterocycles. The van der Waals surface area contributed by atoms with Gasteiger partial charge in [0, 0.05) is 12.1 Å². The molecule has 0 radical (unpaired) electrons. The lowest BCUT2D eigenvalue weighted by atomic mass is 10.1. The number of nitrogens with one attached hydrogen (secondary N) is 1. The van der Waals surface area contributed by atoms with Crippen molar-refractivity contribution in [1.29, 1.82) is 0 Å². The van der Waals surface area contributed by atoms with E-state index in [2.05, 4.69) is 5.32 Å². The van der Waals surface area contributed by atoms with Gasteiger partial charge < -0.3 is 9.73 Å². The van der Waals surface area contributed by atoms with Gasteiger partial charge in [0.1, 0.15) is 11.5 Å². The maximum Gasteiger partial charge on any atom is 0.172 e. The van der Waals surface area contributed by atoms with Crippen LogP contribution in [-0.4, -0.2) is 6.04 Å². The van der Waals surface area contributed by atoms with Crippen LogP contribution in [0.4, 0.5) is 17.6 Å². The minimum Gasteiger partial charge on any atom is -0.460 e. The van der Waals surface area contributed by atoms with E-state index in [-0.39, 0.29) is 11.8 Å². The largest absolute Gasteiger partial charge is 0.460 e. The third kappa shape index (κ3) is 2.43. The van der Waals surface area contributed by atoms with Crippen LogP contribution in [0.1, 0.15) is 18.6 Å². The highest BCUT2D eigenvalue weighted by Gasteiger charge is 2.24. The highest BCUT2D eigenvalue weighted by atomic mass is 19.2. The highest BCUT2D eigenvalue weighted by Crippen LogP contribution is 2.31. The number of rotatable bonds is 4. The Labute approximate surface area is 112 Å². The van der Waals surface area contributed by atoms with Gasteiger partial charge in [-0.05, 0) is 25.0 Å². The van der Waals surface area contributed by atoms with E-state index in [9.17, 15) is 17.6 Å². The summed E-state index contributed by atoms with van der Waals surface area (Å²) in [7, 11) is 0. The molecule has 0 aliphatic heterocycles. The van der Waals surface area contributed by atoms with Crippen molar-refractivity contribution < 1.29 is 22.0 Å². The zero-order valence-corrected chi connectivity index (χ0v) is 10.4. The van der Waals surface area contributed by atoms with Crippen LogP contribution in [0.25, 0.3) is 11.3 Å². The topological polar surface area (TPSA) is 25.2 Å². The first kappa shape index (κ1) is 13.2. The Morgan fingerprint density at radius 2 is 1.70 bits per heavy atom. The second-order valence-electron chi connectivity index (χ2n) is 4.76. The molecule has 1 fully saturated rings. The third-order valence-electron chi connectivity index (χ3n) is 3.16. The summed E-state index contributed by atoms with van der Waals surface area (Å²) in [4.78, 5) is 0. The molecule has 1 aliphatic carbocycles. The van der Waals surface area contributed by atoms with Gasteiger partial charge >= 0.3 is 0 Å². The zero-order chi connectivity index (χ0) is 14.3. The smallest absolute Gasteiger partial charge is 0.172 e. The molecule has 0 unspecified atom stereocenters. The van der Waals surface area contributed by atoms with Crippen LogP contribution in [0.3, 0.4) is 0 Å². The lowest BCUT2D eigenvalue weighted by Gasteiger charge is -2.04. The van der Waals surface area contributed by atoms with Gasteiger partial charge in [-0.15, -0.1) is 0 Å². The molecule has 2 nitrogen and oxygen atoms in total. The molecular weight excluding hydrogens is 274 g/mol. The SMILES string of the molecule is Fc1cc(F)c(F)c(-c2ccc(CNC3CC3)o2)c1F. The lowest BCUT2D eigenvalue weighted by molar-refractivity contribution is 0.444. The Hall–Kier alpha value is -1.82. The predicted octanol–water partition coefficient (Wildman–Crippen LogP) is 3.76. The number of hydrogen-bond donors (Lipinski definition) is 1. The molecular formula is C14H11F4NO. The minimum atomic E-state index is -1.46. The van der Waals surface area contributed by atoms with E-state index in [4.69, 9.17) is 4.42 Å². The molecule has 1 saturated carbocycles. The number of furan rings is 1. The lowest BCUT2D eigenvalue weighted by Crippen LogP contribution is -2.14. The molecule has 0 atom stereocenters. The second-order valence-corrected chi connectivity index (χ2v) is 4.76. The second kappa shape index (κ2) is 4.94. The van der Waals surface area contributed by atoms with Crippen LogP contribution in [0.5, 0.6) is 0 Å². The van der Waals surface area contributed by atoms with Gasteiger partial charge in [0.2, 0.25) is 0 Å². The van der Waals surface area contributed by atoms with E-state index in [0.29, 0.717) is 18.3 Å². The van der Waals surface area contributed by atoms with Gasteiger partial charge in [-0.1, -0.05) is 0 Å². The van der Waals surface area contributed by atoms with Gasteiger partial charge in [0.15, 0.2) is 23.3 Å². The number of halogens is 4. The normalized spacial score (nSPS) is 14.8. The fourth-order valence-electron chi connectivity index (χ4n) is 1.93. The van der Waals surface area contributed by atoms with Gasteiger partial charge in [-0.3, -0.25) is 0 Å². The van der Waals surface area contributed by atoms with Gasteiger partial charge in [0.05, 0.1) is 12.1 Å². The summed E-state index contributed by atoms with van der Waals surface area (Å²) in [6.45, 7) is 0.408. The Balaban J connectivity index is 1.92. The van der Waals surface area contributed by atoms with Gasteiger partial charge in [-0.25, -0.2) is 17.6 Å². The van der Waals surface area contributed by atoms with E-state index >= 15 is 0 Å². The molecule has 0 amide bonds. The van der Waals surface area contributed by atoms with E-state index < -0.39 is 28.8 Å². The van der Waals surface area contributed by atoms with Gasteiger partial charge in [-0.2, -0.15) is 0 Å². The summed E-state index contributed by atoms with van der Waals surface area (Å²) >= 11 is 0. The van der Waals surface area contributed by atoms with Crippen molar-refractivity contribution in [3.05, 3.63) is 47.2 Å². The monoisotopic (exact) mass is 285 g/mol. The quantitative estimate of drug-likeness (QED) is 0.683. The van der Waals surface area contributed by atoms with Gasteiger partial charge in [0.25, 0.3) is 0 Å². The molecule has 0 bridgehead atoms. The molecule has 106 valence electrons. The Bertz CT molecular complexity index is 623. The Kier molecular flexibility index (Phi) is 3.25. The fraction of sp³-hybridized carbons (Fsp3) is 0.286. The number of hydrogen-bond acceptors (Lipinski definition) is 2. The van der Waals surface area contributed by atoms with Crippen LogP contribution in [0.15, 0.2) is 22.6 Å². The summed E-state index contributed by atoms with van der Waals surface area (Å²) in [5.41, 5.74) is -0.819. The van der Waals surface area contributed by atoms with E-state index in [1.807, 2.05) is 0 Å². The van der Waals surface area contributed by atoms with E-state index in [0.717, 1.165) is 12.8 Å². The summed E-state index contributed by atoms with van der Waals surface area (Å²) in [5, 5.41) is 3.16. The first-order valence-electron chi connectivity index (χ1n) is 6.21. The molecule has 6 heteroatoms. The number of benzene rings is 1. The maximum atomic E-state index is 13.6. The molecule has 3 rings (SSSR count). The molecule has 1 N–H and O–H groups in total. The van der Waals surface area contributed by atoms with Crippen molar-refractivity contribution in [3.8, 4) is 11.3 Å². The van der Waals surface area contributed by atoms with E-state index in [1.165, 1.54) is 12.1 Å². The van der Waals surface area contributed by atoms with Crippen molar-refractivity contribution in [3.63, 3.8) is 0 Å². The van der Waals surface area contributed by atoms with Crippen molar-refractivity contribution in [2.24, 2.45) is 0 Å². The van der Waals surface area contributed by atoms with Crippen LogP contribution in [-0.2, 0) is 6.54 Å². The average molecular weight is 285 g/mol. The standard InChI is InChI=1S/C14H11F4NO/c15-9-5-10(16)14(18)12(13(9)17)11-4-3-8(20-11)6-19-7-1-2-7/h3-5,7,19H,1-2,6H2. The summed E-state index contributed by atoms with van der Waals surface area (Å²) in [6, 6.07) is 3.44. The van der Waals surface area contributed by atoms with Crippen molar-refractivity contribution in [1.82, 2.24) is 5.32 Å². The first-order valence-corrected chi connectivity index (χ1v) is 6.21. The van der Waals surface area contributed by atoms with Crippen molar-refractivity contribution in [2.75, 3.05) is 0 Å². The maximum absolute atomic E-state index is 13.6. The van der Waals surface area contributed by atoms with Crippen LogP contribution in [0, 0.1) is 23.3 Å². The first-order chi connectivity index (χ1) is 9.56. The van der Waals surface area contributed by atoms with Crippen molar-refractivity contribution >= 4 is 0 Å². The summed E-state index contributed by atoms with van der Waals surface area (Å²) in [5.74, 6) is -5.60. The van der Waals surface area contributed by atoms with Crippen LogP contribution < -0.4 is 5.32 Å². The zero-order valence-electron chi connectivity index (χ0n) is 10.4. The summed E-state index contributed by atoms with van der Waals surface area (Å²) < 4.78 is 58.7. The molecule has 2 aromatic rings. The van der Waals surface area contributed by atoms with Crippen LogP contribution in [0.2, 0.25) is 0 Å². The molecule has 0 saturated heterocycles. The average Bonchev–Trinajstić information content (AvgIpc) is 3.13. The minimum absolute atomic E-state index is 0.173. The Morgan fingerprint density at radius 1 is 1.05 bits per heavy atom. The summed E-state index contributed by atoms with van der Waals surface area (Å²) in [6.07, 6.45) is 2.18. The molecule has 0 spiro atoms. The molecule has 1 aromatic heterocycles. The fourth-order valence-corrected chi connectivity index (χ4v) is 1.93.